The van der Waals surface area contributed by atoms with Crippen molar-refractivity contribution in [2.45, 2.75) is 280 Å². The number of hydrogen-bond acceptors (Lipinski definition) is 15. The van der Waals surface area contributed by atoms with Gasteiger partial charge < -0.3 is 64.5 Å². The number of aliphatic hydroxyl groups excluding tert-OH is 8. The van der Waals surface area contributed by atoms with Gasteiger partial charge in [0.25, 0.3) is 0 Å². The SMILES string of the molecule is CCCCCCCCC(O)CCCCCCCCC(=O)OC[C@@H]1O[C@@H](O[C@H]2O[C@H](COC(=O)CCCCCCCCC(O)CCCCCCCC)[C@@H](O)[C@H](O)[C@H]2O)[C@@H](O)[C@H](O)[C@H]1O. The van der Waals surface area contributed by atoms with Crippen LogP contribution in [0.3, 0.4) is 0 Å². The molecule has 15 nitrogen and oxygen atoms in total. The van der Waals surface area contributed by atoms with Crippen LogP contribution in [0, 0.1) is 0 Å². The molecule has 2 aliphatic heterocycles. The van der Waals surface area contributed by atoms with E-state index in [9.17, 15) is 50.4 Å². The van der Waals surface area contributed by atoms with E-state index in [2.05, 4.69) is 13.8 Å². The minimum atomic E-state index is -1.83. The molecule has 0 aromatic carbocycles. The van der Waals surface area contributed by atoms with Crippen molar-refractivity contribution in [3.05, 3.63) is 0 Å². The Hall–Kier alpha value is -1.50. The first-order valence-corrected chi connectivity index (χ1v) is 25.1. The Morgan fingerprint density at radius 3 is 1.02 bits per heavy atom. The maximum atomic E-state index is 12.5. The zero-order valence-electron chi connectivity index (χ0n) is 39.0. The van der Waals surface area contributed by atoms with Crippen LogP contribution in [0.2, 0.25) is 0 Å². The number of hydrogen-bond donors (Lipinski definition) is 8. The molecule has 0 bridgehead atoms. The van der Waals surface area contributed by atoms with Gasteiger partial charge in [-0.3, -0.25) is 9.59 Å². The molecule has 2 unspecified atom stereocenters. The van der Waals surface area contributed by atoms with Crippen molar-refractivity contribution >= 4 is 11.9 Å². The van der Waals surface area contributed by atoms with E-state index in [0.29, 0.717) is 12.8 Å². The summed E-state index contributed by atoms with van der Waals surface area (Å²) >= 11 is 0. The van der Waals surface area contributed by atoms with Crippen LogP contribution in [0.5, 0.6) is 0 Å². The lowest BCUT2D eigenvalue weighted by molar-refractivity contribution is -0.376. The van der Waals surface area contributed by atoms with Crippen molar-refractivity contribution in [1.82, 2.24) is 0 Å². The lowest BCUT2D eigenvalue weighted by atomic mass is 9.98. The van der Waals surface area contributed by atoms with E-state index in [1.54, 1.807) is 0 Å². The first-order chi connectivity index (χ1) is 30.4. The number of aliphatic hydroxyl groups is 8. The van der Waals surface area contributed by atoms with E-state index in [1.807, 2.05) is 0 Å². The highest BCUT2D eigenvalue weighted by Gasteiger charge is 2.50. The van der Waals surface area contributed by atoms with Crippen LogP contribution < -0.4 is 0 Å². The van der Waals surface area contributed by atoms with E-state index in [1.165, 1.54) is 64.2 Å². The molecule has 12 atom stereocenters. The summed E-state index contributed by atoms with van der Waals surface area (Å²) in [4.78, 5) is 25.0. The quantitative estimate of drug-likeness (QED) is 0.0255. The molecule has 0 amide bonds. The summed E-state index contributed by atoms with van der Waals surface area (Å²) in [6.07, 6.45) is 12.1. The van der Waals surface area contributed by atoms with E-state index in [4.69, 9.17) is 23.7 Å². The van der Waals surface area contributed by atoms with E-state index >= 15 is 0 Å². The van der Waals surface area contributed by atoms with Gasteiger partial charge in [0, 0.05) is 12.8 Å². The average Bonchev–Trinajstić information content (AvgIpc) is 3.27. The van der Waals surface area contributed by atoms with Gasteiger partial charge in [0.15, 0.2) is 12.6 Å². The zero-order valence-corrected chi connectivity index (χ0v) is 39.0. The summed E-state index contributed by atoms with van der Waals surface area (Å²) in [5, 5.41) is 83.9. The van der Waals surface area contributed by atoms with Crippen LogP contribution in [0.25, 0.3) is 0 Å². The first-order valence-electron chi connectivity index (χ1n) is 25.1. The Labute approximate surface area is 378 Å². The summed E-state index contributed by atoms with van der Waals surface area (Å²) in [6.45, 7) is 3.50. The fraction of sp³-hybridized carbons (Fsp3) is 0.958. The van der Waals surface area contributed by atoms with Gasteiger partial charge in [-0.1, -0.05) is 155 Å². The molecule has 63 heavy (non-hydrogen) atoms. The van der Waals surface area contributed by atoms with Crippen molar-refractivity contribution in [3.63, 3.8) is 0 Å². The van der Waals surface area contributed by atoms with E-state index in [0.717, 1.165) is 103 Å². The molecule has 0 aromatic rings. The minimum absolute atomic E-state index is 0.144. The summed E-state index contributed by atoms with van der Waals surface area (Å²) in [6, 6.07) is 0. The number of esters is 2. The molecule has 0 aromatic heterocycles. The molecule has 2 aliphatic rings. The lowest BCUT2D eigenvalue weighted by Gasteiger charge is -2.44. The van der Waals surface area contributed by atoms with Gasteiger partial charge in [-0.2, -0.15) is 0 Å². The lowest BCUT2D eigenvalue weighted by Crippen LogP contribution is -2.64. The predicted octanol–water partition coefficient (Wildman–Crippen LogP) is 6.17. The summed E-state index contributed by atoms with van der Waals surface area (Å²) < 4.78 is 27.5. The van der Waals surface area contributed by atoms with Gasteiger partial charge in [0.2, 0.25) is 0 Å². The molecule has 2 heterocycles. The predicted molar refractivity (Wildman–Crippen MR) is 238 cm³/mol. The molecule has 0 saturated carbocycles. The van der Waals surface area contributed by atoms with Crippen molar-refractivity contribution in [3.8, 4) is 0 Å². The Kier molecular flexibility index (Phi) is 32.6. The molecule has 2 fully saturated rings. The van der Waals surface area contributed by atoms with Gasteiger partial charge >= 0.3 is 11.9 Å². The monoisotopic (exact) mass is 907 g/mol. The number of ether oxygens (including phenoxy) is 5. The smallest absolute Gasteiger partial charge is 0.305 e. The second-order valence-corrected chi connectivity index (χ2v) is 18.3. The molecule has 0 radical (unpaired) electrons. The minimum Gasteiger partial charge on any atom is -0.463 e. The van der Waals surface area contributed by atoms with Crippen LogP contribution in [0.4, 0.5) is 0 Å². The van der Waals surface area contributed by atoms with Gasteiger partial charge in [0.1, 0.15) is 62.0 Å². The van der Waals surface area contributed by atoms with Crippen LogP contribution in [0.15, 0.2) is 0 Å². The topological polar surface area (TPSA) is 242 Å². The molecule has 15 heteroatoms. The van der Waals surface area contributed by atoms with Crippen LogP contribution >= 0.6 is 0 Å². The summed E-state index contributed by atoms with van der Waals surface area (Å²) in [7, 11) is 0. The Morgan fingerprint density at radius 1 is 0.413 bits per heavy atom. The van der Waals surface area contributed by atoms with Crippen LogP contribution in [-0.4, -0.2) is 140 Å². The fourth-order valence-corrected chi connectivity index (χ4v) is 8.28. The maximum Gasteiger partial charge on any atom is 0.305 e. The average molecular weight is 907 g/mol. The van der Waals surface area contributed by atoms with Crippen LogP contribution in [-0.2, 0) is 33.3 Å². The standard InChI is InChI=1S/C48H90O15/c1-3-5-7-9-15-21-27-35(49)29-23-17-11-13-19-25-31-39(51)59-33-37-41(53)43(55)45(57)47(61-37)63-48-46(58)44(56)42(54)38(62-48)34-60-40(52)32-26-20-14-12-18-24-30-36(50)28-22-16-10-8-6-4-2/h35-38,41-50,53-58H,3-34H2,1-2H3/t35?,36?,37-,38+,41-,42+,43+,44-,45-,46+,47-,48+. The van der Waals surface area contributed by atoms with Crippen molar-refractivity contribution < 1.29 is 74.1 Å². The molecule has 2 rings (SSSR count). The van der Waals surface area contributed by atoms with Crippen molar-refractivity contribution in [1.29, 1.82) is 0 Å². The van der Waals surface area contributed by atoms with Gasteiger partial charge in [0.05, 0.1) is 12.2 Å². The largest absolute Gasteiger partial charge is 0.463 e. The number of carbonyl (C=O) groups excluding carboxylic acids is 2. The molecule has 0 spiro atoms. The number of unbranched alkanes of at least 4 members (excludes halogenated alkanes) is 20. The van der Waals surface area contributed by atoms with E-state index < -0.39 is 86.6 Å². The third-order valence-electron chi connectivity index (χ3n) is 12.5. The van der Waals surface area contributed by atoms with Crippen molar-refractivity contribution in [2.24, 2.45) is 0 Å². The second kappa shape index (κ2) is 35.7. The van der Waals surface area contributed by atoms with Gasteiger partial charge in [-0.05, 0) is 38.5 Å². The second-order valence-electron chi connectivity index (χ2n) is 18.3. The van der Waals surface area contributed by atoms with Crippen molar-refractivity contribution in [2.75, 3.05) is 13.2 Å². The third-order valence-corrected chi connectivity index (χ3v) is 12.5. The highest BCUT2D eigenvalue weighted by Crippen LogP contribution is 2.29. The van der Waals surface area contributed by atoms with Crippen LogP contribution in [0.1, 0.15) is 206 Å². The molecule has 0 aliphatic carbocycles. The molecular weight excluding hydrogens is 817 g/mol. The normalized spacial score (nSPS) is 27.3. The third kappa shape index (κ3) is 25.3. The maximum absolute atomic E-state index is 12.5. The summed E-state index contributed by atoms with van der Waals surface area (Å²) in [5.41, 5.74) is 0. The van der Waals surface area contributed by atoms with Gasteiger partial charge in [-0.15, -0.1) is 0 Å². The molecule has 372 valence electrons. The first kappa shape index (κ1) is 57.6. The van der Waals surface area contributed by atoms with Gasteiger partial charge in [-0.25, -0.2) is 0 Å². The molecular formula is C48H90O15. The molecule has 2 saturated heterocycles. The Morgan fingerprint density at radius 2 is 0.698 bits per heavy atom. The number of carbonyl (C=O) groups is 2. The highest BCUT2D eigenvalue weighted by atomic mass is 16.8. The zero-order chi connectivity index (χ0) is 46.2. The Balaban J connectivity index is 1.63. The highest BCUT2D eigenvalue weighted by molar-refractivity contribution is 5.69. The molecule has 8 N–H and O–H groups in total. The summed E-state index contributed by atoms with van der Waals surface area (Å²) in [5.74, 6) is -1.05. The van der Waals surface area contributed by atoms with E-state index in [-0.39, 0.29) is 25.0 Å². The fourth-order valence-electron chi connectivity index (χ4n) is 8.28. The number of rotatable bonds is 38. The Bertz CT molecular complexity index is 1050.